The Kier molecular flexibility index (Phi) is 8.16. The summed E-state index contributed by atoms with van der Waals surface area (Å²) in [4.78, 5) is 0. The summed E-state index contributed by atoms with van der Waals surface area (Å²) in [5, 5.41) is 0. The number of allylic oxidation sites excluding steroid dienone is 1. The highest BCUT2D eigenvalue weighted by atomic mass is 19.3. The molecule has 0 amide bonds. The topological polar surface area (TPSA) is 0 Å². The van der Waals surface area contributed by atoms with Crippen molar-refractivity contribution in [3.05, 3.63) is 45.5 Å². The lowest BCUT2D eigenvalue weighted by atomic mass is 9.73. The van der Waals surface area contributed by atoms with Gasteiger partial charge >= 0.3 is 0 Å². The molecule has 0 atom stereocenters. The van der Waals surface area contributed by atoms with Gasteiger partial charge in [0, 0.05) is 0 Å². The molecule has 1 aromatic rings. The van der Waals surface area contributed by atoms with Gasteiger partial charge in [0.1, 0.15) is 0 Å². The maximum absolute atomic E-state index is 12.3. The van der Waals surface area contributed by atoms with Gasteiger partial charge in [0.15, 0.2) is 0 Å². The van der Waals surface area contributed by atoms with Crippen LogP contribution in [0.4, 0.5) is 8.78 Å². The van der Waals surface area contributed by atoms with Crippen LogP contribution in [0.25, 0.3) is 0 Å². The lowest BCUT2D eigenvalue weighted by Crippen LogP contribution is -2.17. The molecule has 0 N–H and O–H groups in total. The molecule has 0 radical (unpaired) electrons. The average molecular weight is 417 g/mol. The maximum Gasteiger partial charge on any atom is 0.266 e. The lowest BCUT2D eigenvalue weighted by molar-refractivity contribution is 0.262. The number of hydrogen-bond donors (Lipinski definition) is 0. The van der Waals surface area contributed by atoms with Crippen molar-refractivity contribution in [2.24, 2.45) is 17.8 Å². The molecule has 0 unspecified atom stereocenters. The second-order valence-electron chi connectivity index (χ2n) is 10.5. The first-order valence-corrected chi connectivity index (χ1v) is 12.4. The maximum atomic E-state index is 12.3. The van der Waals surface area contributed by atoms with E-state index in [2.05, 4.69) is 34.6 Å². The van der Waals surface area contributed by atoms with Gasteiger partial charge in [-0.05, 0) is 136 Å². The summed E-state index contributed by atoms with van der Waals surface area (Å²) in [7, 11) is 0. The number of halogens is 2. The van der Waals surface area contributed by atoms with Crippen molar-refractivity contribution in [2.45, 2.75) is 111 Å². The van der Waals surface area contributed by atoms with Crippen molar-refractivity contribution in [1.82, 2.24) is 0 Å². The molecule has 2 fully saturated rings. The van der Waals surface area contributed by atoms with E-state index < -0.39 is 6.08 Å². The van der Waals surface area contributed by atoms with Crippen LogP contribution >= 0.6 is 0 Å². The highest BCUT2D eigenvalue weighted by Gasteiger charge is 2.26. The smallest absolute Gasteiger partial charge is 0.174 e. The summed E-state index contributed by atoms with van der Waals surface area (Å²) < 4.78 is 24.7. The van der Waals surface area contributed by atoms with E-state index in [0.717, 1.165) is 36.7 Å². The van der Waals surface area contributed by atoms with Gasteiger partial charge in [-0.1, -0.05) is 32.6 Å². The molecular formula is C28H42F2. The third-order valence-electron chi connectivity index (χ3n) is 8.64. The third-order valence-corrected chi connectivity index (χ3v) is 8.64. The molecule has 0 saturated heterocycles. The predicted molar refractivity (Wildman–Crippen MR) is 124 cm³/mol. The van der Waals surface area contributed by atoms with Crippen molar-refractivity contribution in [3.63, 3.8) is 0 Å². The molecule has 2 heteroatoms. The van der Waals surface area contributed by atoms with E-state index in [0.29, 0.717) is 12.3 Å². The highest BCUT2D eigenvalue weighted by molar-refractivity contribution is 5.51. The van der Waals surface area contributed by atoms with Crippen LogP contribution in [0.5, 0.6) is 0 Å². The van der Waals surface area contributed by atoms with E-state index in [1.54, 1.807) is 22.3 Å². The Hall–Kier alpha value is -1.18. The fourth-order valence-corrected chi connectivity index (χ4v) is 6.32. The van der Waals surface area contributed by atoms with Crippen molar-refractivity contribution in [2.75, 3.05) is 0 Å². The van der Waals surface area contributed by atoms with Gasteiger partial charge in [-0.3, -0.25) is 0 Å². The SMILES string of the molecule is Cc1c(C)c(C2CCC(C)CC2)c(C)c(C)c1CCC1CCC(CC=C(F)F)CC1. The Balaban J connectivity index is 1.64. The van der Waals surface area contributed by atoms with Crippen LogP contribution < -0.4 is 0 Å². The fraction of sp³-hybridized carbons (Fsp3) is 0.714. The quantitative estimate of drug-likeness (QED) is 0.433. The van der Waals surface area contributed by atoms with E-state index >= 15 is 0 Å². The molecule has 0 aromatic heterocycles. The van der Waals surface area contributed by atoms with E-state index in [1.165, 1.54) is 62.5 Å². The Morgan fingerprint density at radius 2 is 1.30 bits per heavy atom. The molecule has 0 nitrogen and oxygen atoms in total. The second kappa shape index (κ2) is 10.4. The largest absolute Gasteiger partial charge is 0.266 e. The first-order chi connectivity index (χ1) is 14.3. The Morgan fingerprint density at radius 3 is 1.83 bits per heavy atom. The van der Waals surface area contributed by atoms with Gasteiger partial charge in [0.25, 0.3) is 6.08 Å². The minimum atomic E-state index is -1.51. The van der Waals surface area contributed by atoms with E-state index in [9.17, 15) is 8.78 Å². The first kappa shape index (κ1) is 23.5. The molecule has 2 aliphatic carbocycles. The molecule has 0 spiro atoms. The predicted octanol–water partition coefficient (Wildman–Crippen LogP) is 9.12. The van der Waals surface area contributed by atoms with Crippen LogP contribution in [-0.4, -0.2) is 0 Å². The number of hydrogen-bond acceptors (Lipinski definition) is 0. The summed E-state index contributed by atoms with van der Waals surface area (Å²) in [5.74, 6) is 2.88. The van der Waals surface area contributed by atoms with E-state index in [-0.39, 0.29) is 0 Å². The van der Waals surface area contributed by atoms with E-state index in [1.807, 2.05) is 0 Å². The molecule has 0 heterocycles. The Labute approximate surface area is 183 Å². The zero-order chi connectivity index (χ0) is 21.8. The summed E-state index contributed by atoms with van der Waals surface area (Å²) in [5.41, 5.74) is 9.41. The molecule has 0 bridgehead atoms. The molecular weight excluding hydrogens is 374 g/mol. The van der Waals surface area contributed by atoms with Crippen LogP contribution in [0.3, 0.4) is 0 Å². The van der Waals surface area contributed by atoms with E-state index in [4.69, 9.17) is 0 Å². The lowest BCUT2D eigenvalue weighted by Gasteiger charge is -2.32. The molecule has 2 aliphatic rings. The van der Waals surface area contributed by atoms with Gasteiger partial charge in [-0.25, -0.2) is 0 Å². The number of rotatable bonds is 6. The standard InChI is InChI=1S/C28H42F2/c1-18-6-14-25(15-7-18)28-21(4)19(2)26(20(3)22(28)5)16-12-23-8-10-24(11-9-23)13-17-27(29)30/h17-18,23-25H,6-16H2,1-5H3. The van der Waals surface area contributed by atoms with Crippen LogP contribution in [0, 0.1) is 45.4 Å². The van der Waals surface area contributed by atoms with Crippen molar-refractivity contribution in [1.29, 1.82) is 0 Å². The average Bonchev–Trinajstić information content (AvgIpc) is 2.73. The van der Waals surface area contributed by atoms with Crippen molar-refractivity contribution in [3.8, 4) is 0 Å². The molecule has 1 aromatic carbocycles. The zero-order valence-electron chi connectivity index (χ0n) is 19.9. The summed E-state index contributed by atoms with van der Waals surface area (Å²) in [6.07, 6.45) is 12.7. The van der Waals surface area contributed by atoms with Crippen LogP contribution in [0.1, 0.15) is 110 Å². The Bertz CT molecular complexity index is 711. The van der Waals surface area contributed by atoms with Crippen molar-refractivity contribution < 1.29 is 8.78 Å². The van der Waals surface area contributed by atoms with Crippen LogP contribution in [0.2, 0.25) is 0 Å². The highest BCUT2D eigenvalue weighted by Crippen LogP contribution is 2.42. The number of benzene rings is 1. The molecule has 30 heavy (non-hydrogen) atoms. The summed E-state index contributed by atoms with van der Waals surface area (Å²) in [6, 6.07) is 0. The van der Waals surface area contributed by atoms with Crippen LogP contribution in [-0.2, 0) is 6.42 Å². The van der Waals surface area contributed by atoms with Gasteiger partial charge in [-0.15, -0.1) is 0 Å². The summed E-state index contributed by atoms with van der Waals surface area (Å²) >= 11 is 0. The van der Waals surface area contributed by atoms with Crippen molar-refractivity contribution >= 4 is 0 Å². The second-order valence-corrected chi connectivity index (χ2v) is 10.5. The molecule has 0 aliphatic heterocycles. The normalized spacial score (nSPS) is 27.2. The Morgan fingerprint density at radius 1 is 0.767 bits per heavy atom. The minimum absolute atomic E-state index is 0.466. The van der Waals surface area contributed by atoms with Crippen LogP contribution in [0.15, 0.2) is 12.2 Å². The van der Waals surface area contributed by atoms with Gasteiger partial charge in [0.05, 0.1) is 0 Å². The molecule has 168 valence electrons. The summed E-state index contributed by atoms with van der Waals surface area (Å²) in [6.45, 7) is 11.8. The third kappa shape index (κ3) is 5.54. The van der Waals surface area contributed by atoms with Gasteiger partial charge in [-0.2, -0.15) is 8.78 Å². The fourth-order valence-electron chi connectivity index (χ4n) is 6.32. The van der Waals surface area contributed by atoms with Gasteiger partial charge in [0.2, 0.25) is 0 Å². The minimum Gasteiger partial charge on any atom is -0.174 e. The first-order valence-electron chi connectivity index (χ1n) is 12.4. The zero-order valence-corrected chi connectivity index (χ0v) is 19.9. The van der Waals surface area contributed by atoms with Gasteiger partial charge < -0.3 is 0 Å². The molecule has 3 rings (SSSR count). The molecule has 2 saturated carbocycles. The monoisotopic (exact) mass is 416 g/mol.